The molecule has 2 amide bonds. The van der Waals surface area contributed by atoms with E-state index in [0.29, 0.717) is 36.6 Å². The molecule has 4 rings (SSSR count). The Balaban J connectivity index is 1.63. The van der Waals surface area contributed by atoms with Crippen LogP contribution in [-0.2, 0) is 4.79 Å². The molecule has 8 nitrogen and oxygen atoms in total. The summed E-state index contributed by atoms with van der Waals surface area (Å²) in [6.07, 6.45) is 7.38. The maximum absolute atomic E-state index is 13.5. The number of aliphatic hydroxyl groups is 1. The number of aromatic nitrogens is 2. The van der Waals surface area contributed by atoms with E-state index in [1.807, 2.05) is 26.0 Å². The molecule has 1 aliphatic carbocycles. The van der Waals surface area contributed by atoms with E-state index in [9.17, 15) is 14.7 Å². The summed E-state index contributed by atoms with van der Waals surface area (Å²) in [6.45, 7) is 4.43. The number of hydrogen-bond donors (Lipinski definition) is 1. The number of carbonyl (C=O) groups excluding carboxylic acids is 2. The largest absolute Gasteiger partial charge is 0.472 e. The van der Waals surface area contributed by atoms with Crippen molar-refractivity contribution in [2.75, 3.05) is 26.7 Å². The maximum atomic E-state index is 13.5. The van der Waals surface area contributed by atoms with Gasteiger partial charge in [0.1, 0.15) is 11.7 Å². The number of carbonyl (C=O) groups is 2. The SMILES string of the molecule is C[C@H]1CN([C@@H](C)CO)C(=O)c2cc(C#Cc3cccnc3)cnc2O[C@H]1CN(C)C(=O)CC1CC1. The predicted octanol–water partition coefficient (Wildman–Crippen LogP) is 2.36. The summed E-state index contributed by atoms with van der Waals surface area (Å²) in [5, 5.41) is 9.82. The van der Waals surface area contributed by atoms with Crippen LogP contribution in [-0.4, -0.2) is 75.6 Å². The van der Waals surface area contributed by atoms with Gasteiger partial charge in [-0.2, -0.15) is 0 Å². The number of fused-ring (bicyclic) bond motifs is 1. The molecule has 0 spiro atoms. The van der Waals surface area contributed by atoms with Gasteiger partial charge >= 0.3 is 0 Å². The van der Waals surface area contributed by atoms with Crippen molar-refractivity contribution in [1.82, 2.24) is 19.8 Å². The van der Waals surface area contributed by atoms with Crippen LogP contribution in [0.1, 0.15) is 54.6 Å². The number of hydrogen-bond acceptors (Lipinski definition) is 6. The highest BCUT2D eigenvalue weighted by Crippen LogP contribution is 2.33. The Morgan fingerprint density at radius 3 is 2.77 bits per heavy atom. The highest BCUT2D eigenvalue weighted by molar-refractivity contribution is 5.97. The third-order valence-corrected chi connectivity index (χ3v) is 6.57. The van der Waals surface area contributed by atoms with Gasteiger partial charge in [0.2, 0.25) is 11.8 Å². The van der Waals surface area contributed by atoms with Gasteiger partial charge in [0.05, 0.1) is 19.2 Å². The summed E-state index contributed by atoms with van der Waals surface area (Å²) in [7, 11) is 1.80. The summed E-state index contributed by atoms with van der Waals surface area (Å²) >= 11 is 0. The van der Waals surface area contributed by atoms with Crippen molar-refractivity contribution in [2.45, 2.75) is 45.3 Å². The van der Waals surface area contributed by atoms with Gasteiger partial charge in [0.15, 0.2) is 0 Å². The molecule has 184 valence electrons. The van der Waals surface area contributed by atoms with Gasteiger partial charge in [0.25, 0.3) is 5.91 Å². The van der Waals surface area contributed by atoms with Gasteiger partial charge in [-0.3, -0.25) is 14.6 Å². The fourth-order valence-electron chi connectivity index (χ4n) is 4.07. The molecule has 2 aliphatic rings. The Bertz CT molecular complexity index is 1120. The van der Waals surface area contributed by atoms with Gasteiger partial charge in [-0.1, -0.05) is 18.8 Å². The standard InChI is InChI=1S/C27H32N4O4/c1-18-15-31(19(2)17-32)27(34)23-11-22(9-8-21-5-4-10-28-13-21)14-29-26(23)35-24(18)16-30(3)25(33)12-20-6-7-20/h4-5,10-11,13-14,18-20,24,32H,6-7,12,15-17H2,1-3H3/t18-,19-,24-/m0/s1. The van der Waals surface area contributed by atoms with Crippen LogP contribution in [0.4, 0.5) is 0 Å². The van der Waals surface area contributed by atoms with E-state index in [1.165, 1.54) is 0 Å². The second-order valence-electron chi connectivity index (χ2n) is 9.61. The summed E-state index contributed by atoms with van der Waals surface area (Å²) in [5.41, 5.74) is 1.63. The molecule has 0 unspecified atom stereocenters. The van der Waals surface area contributed by atoms with Crippen molar-refractivity contribution in [3.05, 3.63) is 53.5 Å². The lowest BCUT2D eigenvalue weighted by molar-refractivity contribution is -0.131. The maximum Gasteiger partial charge on any atom is 0.259 e. The zero-order valence-corrected chi connectivity index (χ0v) is 20.5. The molecule has 1 aliphatic heterocycles. The Morgan fingerprint density at radius 2 is 2.09 bits per heavy atom. The Kier molecular flexibility index (Phi) is 7.67. The van der Waals surface area contributed by atoms with Gasteiger partial charge in [0, 0.05) is 55.6 Å². The molecule has 0 bridgehead atoms. The molecule has 0 aromatic carbocycles. The molecule has 8 heteroatoms. The first kappa shape index (κ1) is 24.7. The zero-order chi connectivity index (χ0) is 24.9. The van der Waals surface area contributed by atoms with E-state index in [1.54, 1.807) is 41.5 Å². The minimum Gasteiger partial charge on any atom is -0.472 e. The molecule has 1 N–H and O–H groups in total. The van der Waals surface area contributed by atoms with Crippen molar-refractivity contribution < 1.29 is 19.4 Å². The highest BCUT2D eigenvalue weighted by Gasteiger charge is 2.35. The fraction of sp³-hybridized carbons (Fsp3) is 0.481. The molecule has 2 aromatic heterocycles. The van der Waals surface area contributed by atoms with E-state index < -0.39 is 0 Å². The number of aliphatic hydroxyl groups excluding tert-OH is 1. The first-order valence-corrected chi connectivity index (χ1v) is 12.1. The second kappa shape index (κ2) is 10.9. The van der Waals surface area contributed by atoms with Gasteiger partial charge in [-0.15, -0.1) is 0 Å². The molecular formula is C27H32N4O4. The zero-order valence-electron chi connectivity index (χ0n) is 20.5. The van der Waals surface area contributed by atoms with Crippen molar-refractivity contribution in [1.29, 1.82) is 0 Å². The van der Waals surface area contributed by atoms with Crippen molar-refractivity contribution >= 4 is 11.8 Å². The molecule has 3 heterocycles. The lowest BCUT2D eigenvalue weighted by atomic mass is 9.99. The van der Waals surface area contributed by atoms with E-state index in [4.69, 9.17) is 4.74 Å². The van der Waals surface area contributed by atoms with E-state index in [-0.39, 0.29) is 42.4 Å². The molecule has 2 aromatic rings. The third-order valence-electron chi connectivity index (χ3n) is 6.57. The molecular weight excluding hydrogens is 444 g/mol. The number of pyridine rings is 2. The third kappa shape index (κ3) is 6.17. The minimum absolute atomic E-state index is 0.0795. The average molecular weight is 477 g/mol. The van der Waals surface area contributed by atoms with Crippen LogP contribution in [0.15, 0.2) is 36.8 Å². The second-order valence-corrected chi connectivity index (χ2v) is 9.61. The first-order valence-electron chi connectivity index (χ1n) is 12.1. The molecule has 3 atom stereocenters. The Labute approximate surface area is 206 Å². The number of rotatable bonds is 6. The number of amides is 2. The fourth-order valence-corrected chi connectivity index (χ4v) is 4.07. The Morgan fingerprint density at radius 1 is 1.31 bits per heavy atom. The van der Waals surface area contributed by atoms with E-state index >= 15 is 0 Å². The summed E-state index contributed by atoms with van der Waals surface area (Å²) < 4.78 is 6.27. The molecule has 0 radical (unpaired) electrons. The van der Waals surface area contributed by atoms with Crippen molar-refractivity contribution in [2.24, 2.45) is 11.8 Å². The summed E-state index contributed by atoms with van der Waals surface area (Å²) in [5.74, 6) is 6.56. The van der Waals surface area contributed by atoms with Crippen LogP contribution in [0.25, 0.3) is 0 Å². The van der Waals surface area contributed by atoms with Crippen LogP contribution in [0.3, 0.4) is 0 Å². The smallest absolute Gasteiger partial charge is 0.259 e. The molecule has 35 heavy (non-hydrogen) atoms. The number of nitrogens with zero attached hydrogens (tertiary/aromatic N) is 4. The van der Waals surface area contributed by atoms with Gasteiger partial charge in [-0.25, -0.2) is 4.98 Å². The summed E-state index contributed by atoms with van der Waals surface area (Å²) in [6, 6.07) is 4.96. The molecule has 1 saturated carbocycles. The normalized spacial score (nSPS) is 20.5. The van der Waals surface area contributed by atoms with E-state index in [2.05, 4.69) is 21.8 Å². The number of likely N-dealkylation sites (N-methyl/N-ethyl adjacent to an activating group) is 1. The highest BCUT2D eigenvalue weighted by atomic mass is 16.5. The number of ether oxygens (including phenoxy) is 1. The minimum atomic E-state index is -0.379. The topological polar surface area (TPSA) is 95.9 Å². The lowest BCUT2D eigenvalue weighted by Crippen LogP contribution is -2.50. The quantitative estimate of drug-likeness (QED) is 0.643. The van der Waals surface area contributed by atoms with E-state index in [0.717, 1.165) is 18.4 Å². The van der Waals surface area contributed by atoms with Crippen LogP contribution >= 0.6 is 0 Å². The predicted molar refractivity (Wildman–Crippen MR) is 131 cm³/mol. The van der Waals surface area contributed by atoms with Crippen molar-refractivity contribution in [3.63, 3.8) is 0 Å². The van der Waals surface area contributed by atoms with Crippen LogP contribution < -0.4 is 4.74 Å². The molecule has 1 fully saturated rings. The monoisotopic (exact) mass is 476 g/mol. The van der Waals surface area contributed by atoms with Gasteiger partial charge in [-0.05, 0) is 43.9 Å². The summed E-state index contributed by atoms with van der Waals surface area (Å²) in [4.78, 5) is 38.0. The van der Waals surface area contributed by atoms with Crippen LogP contribution in [0.5, 0.6) is 5.88 Å². The Hall–Kier alpha value is -3.44. The van der Waals surface area contributed by atoms with Crippen LogP contribution in [0.2, 0.25) is 0 Å². The van der Waals surface area contributed by atoms with Crippen molar-refractivity contribution in [3.8, 4) is 17.7 Å². The van der Waals surface area contributed by atoms with Crippen LogP contribution in [0, 0.1) is 23.7 Å². The molecule has 0 saturated heterocycles. The lowest BCUT2D eigenvalue weighted by Gasteiger charge is -2.37. The first-order chi connectivity index (χ1) is 16.9. The average Bonchev–Trinajstić information content (AvgIpc) is 3.69. The van der Waals surface area contributed by atoms with Gasteiger partial charge < -0.3 is 19.6 Å².